The van der Waals surface area contributed by atoms with E-state index in [2.05, 4.69) is 10.6 Å². The third kappa shape index (κ3) is 4.70. The third-order valence-electron chi connectivity index (χ3n) is 3.51. The van der Waals surface area contributed by atoms with Crippen molar-refractivity contribution >= 4 is 5.91 Å². The summed E-state index contributed by atoms with van der Waals surface area (Å²) in [6.07, 6.45) is 0. The number of amides is 1. The molecule has 0 fully saturated rings. The molecule has 2 N–H and O–H groups in total. The molecule has 0 aliphatic carbocycles. The van der Waals surface area contributed by atoms with Crippen molar-refractivity contribution in [3.05, 3.63) is 59.4 Å². The van der Waals surface area contributed by atoms with Crippen LogP contribution in [-0.4, -0.2) is 33.2 Å². The average Bonchev–Trinajstić information content (AvgIpc) is 2.61. The van der Waals surface area contributed by atoms with Crippen LogP contribution in [0.3, 0.4) is 0 Å². The number of methoxy groups -OCH3 is 2. The van der Waals surface area contributed by atoms with Crippen molar-refractivity contribution in [1.29, 1.82) is 0 Å². The highest BCUT2D eigenvalue weighted by Gasteiger charge is 2.09. The summed E-state index contributed by atoms with van der Waals surface area (Å²) in [5.74, 6) is 0.567. The number of carbonyl (C=O) groups excluding carboxylic acids is 1. The normalized spacial score (nSPS) is 10.3. The summed E-state index contributed by atoms with van der Waals surface area (Å²) in [5.41, 5.74) is 1.00. The predicted octanol–water partition coefficient (Wildman–Crippen LogP) is 2.36. The van der Waals surface area contributed by atoms with Gasteiger partial charge in [-0.25, -0.2) is 4.39 Å². The van der Waals surface area contributed by atoms with E-state index in [9.17, 15) is 9.18 Å². The second-order valence-electron chi connectivity index (χ2n) is 5.09. The van der Waals surface area contributed by atoms with Gasteiger partial charge in [-0.05, 0) is 30.3 Å². The van der Waals surface area contributed by atoms with Crippen molar-refractivity contribution in [2.24, 2.45) is 0 Å². The highest BCUT2D eigenvalue weighted by Crippen LogP contribution is 2.23. The molecule has 0 saturated carbocycles. The summed E-state index contributed by atoms with van der Waals surface area (Å²) >= 11 is 0. The Labute approximate surface area is 140 Å². The quantitative estimate of drug-likeness (QED) is 0.729. The minimum Gasteiger partial charge on any atom is -0.497 e. The van der Waals surface area contributed by atoms with Crippen LogP contribution in [0.15, 0.2) is 42.5 Å². The monoisotopic (exact) mass is 332 g/mol. The molecule has 0 unspecified atom stereocenters. The van der Waals surface area contributed by atoms with Gasteiger partial charge in [-0.1, -0.05) is 12.1 Å². The molecule has 0 saturated heterocycles. The van der Waals surface area contributed by atoms with E-state index in [0.717, 1.165) is 17.1 Å². The van der Waals surface area contributed by atoms with Crippen molar-refractivity contribution in [1.82, 2.24) is 10.6 Å². The summed E-state index contributed by atoms with van der Waals surface area (Å²) < 4.78 is 24.0. The van der Waals surface area contributed by atoms with E-state index in [1.807, 2.05) is 18.2 Å². The average molecular weight is 332 g/mol. The Morgan fingerprint density at radius 2 is 1.88 bits per heavy atom. The Morgan fingerprint density at radius 3 is 2.58 bits per heavy atom. The molecular formula is C18H21FN2O3. The molecule has 0 aliphatic rings. The number of halogens is 1. The van der Waals surface area contributed by atoms with E-state index in [1.165, 1.54) is 12.1 Å². The number of ether oxygens (including phenoxy) is 2. The van der Waals surface area contributed by atoms with Gasteiger partial charge in [0.1, 0.15) is 17.3 Å². The molecular weight excluding hydrogens is 311 g/mol. The van der Waals surface area contributed by atoms with Crippen LogP contribution >= 0.6 is 0 Å². The van der Waals surface area contributed by atoms with E-state index in [0.29, 0.717) is 19.6 Å². The standard InChI is InChI=1S/C18H21FN2O3/c1-23-14-7-8-17(24-2)13(11-14)12-20-9-10-21-18(22)15-5-3-4-6-16(15)19/h3-8,11,20H,9-10,12H2,1-2H3,(H,21,22). The van der Waals surface area contributed by atoms with Crippen molar-refractivity contribution < 1.29 is 18.7 Å². The van der Waals surface area contributed by atoms with E-state index < -0.39 is 11.7 Å². The molecule has 24 heavy (non-hydrogen) atoms. The smallest absolute Gasteiger partial charge is 0.254 e. The van der Waals surface area contributed by atoms with Gasteiger partial charge in [0.2, 0.25) is 0 Å². The second kappa shape index (κ2) is 8.88. The van der Waals surface area contributed by atoms with Crippen LogP contribution in [0.4, 0.5) is 4.39 Å². The number of hydrogen-bond donors (Lipinski definition) is 2. The van der Waals surface area contributed by atoms with Gasteiger partial charge in [-0.3, -0.25) is 4.79 Å². The zero-order chi connectivity index (χ0) is 17.4. The fourth-order valence-electron chi connectivity index (χ4n) is 2.25. The van der Waals surface area contributed by atoms with Gasteiger partial charge in [0.25, 0.3) is 5.91 Å². The Hall–Kier alpha value is -2.60. The molecule has 0 heterocycles. The summed E-state index contributed by atoms with van der Waals surface area (Å²) in [7, 11) is 3.22. The SMILES string of the molecule is COc1ccc(OC)c(CNCCNC(=O)c2ccccc2F)c1. The van der Waals surface area contributed by atoms with Crippen LogP contribution in [0.25, 0.3) is 0 Å². The Kier molecular flexibility index (Phi) is 6.57. The first-order chi connectivity index (χ1) is 11.7. The van der Waals surface area contributed by atoms with Crippen LogP contribution in [0.5, 0.6) is 11.5 Å². The fraction of sp³-hybridized carbons (Fsp3) is 0.278. The molecule has 0 spiro atoms. The van der Waals surface area contributed by atoms with Gasteiger partial charge >= 0.3 is 0 Å². The van der Waals surface area contributed by atoms with Gasteiger partial charge in [0.15, 0.2) is 0 Å². The summed E-state index contributed by atoms with van der Waals surface area (Å²) in [6, 6.07) is 11.5. The van der Waals surface area contributed by atoms with Crippen molar-refractivity contribution in [2.45, 2.75) is 6.54 Å². The van der Waals surface area contributed by atoms with Crippen LogP contribution in [0.2, 0.25) is 0 Å². The molecule has 1 amide bonds. The maximum absolute atomic E-state index is 13.5. The fourth-order valence-corrected chi connectivity index (χ4v) is 2.25. The molecule has 0 aromatic heterocycles. The molecule has 0 atom stereocenters. The van der Waals surface area contributed by atoms with Crippen molar-refractivity contribution in [2.75, 3.05) is 27.3 Å². The molecule has 128 valence electrons. The van der Waals surface area contributed by atoms with Crippen LogP contribution in [-0.2, 0) is 6.54 Å². The van der Waals surface area contributed by atoms with Crippen molar-refractivity contribution in [3.63, 3.8) is 0 Å². The van der Waals surface area contributed by atoms with Gasteiger partial charge in [-0.15, -0.1) is 0 Å². The summed E-state index contributed by atoms with van der Waals surface area (Å²) in [6.45, 7) is 1.50. The molecule has 5 nitrogen and oxygen atoms in total. The lowest BCUT2D eigenvalue weighted by Gasteiger charge is -2.12. The molecule has 2 rings (SSSR count). The first-order valence-corrected chi connectivity index (χ1v) is 7.60. The molecule has 0 aliphatic heterocycles. The molecule has 0 bridgehead atoms. The number of rotatable bonds is 8. The highest BCUT2D eigenvalue weighted by atomic mass is 19.1. The maximum Gasteiger partial charge on any atom is 0.254 e. The topological polar surface area (TPSA) is 59.6 Å². The van der Waals surface area contributed by atoms with Gasteiger partial charge in [0, 0.05) is 25.2 Å². The minimum atomic E-state index is -0.524. The Bertz CT molecular complexity index is 692. The summed E-state index contributed by atoms with van der Waals surface area (Å²) in [4.78, 5) is 11.9. The Morgan fingerprint density at radius 1 is 1.08 bits per heavy atom. The van der Waals surface area contributed by atoms with Crippen LogP contribution in [0.1, 0.15) is 15.9 Å². The largest absolute Gasteiger partial charge is 0.497 e. The first-order valence-electron chi connectivity index (χ1n) is 7.60. The second-order valence-corrected chi connectivity index (χ2v) is 5.09. The molecule has 2 aromatic rings. The lowest BCUT2D eigenvalue weighted by molar-refractivity contribution is 0.0950. The summed E-state index contributed by atoms with van der Waals surface area (Å²) in [5, 5.41) is 5.88. The van der Waals surface area contributed by atoms with E-state index in [-0.39, 0.29) is 5.56 Å². The number of hydrogen-bond acceptors (Lipinski definition) is 4. The molecule has 2 aromatic carbocycles. The Balaban J connectivity index is 1.79. The van der Waals surface area contributed by atoms with Crippen LogP contribution in [0, 0.1) is 5.82 Å². The zero-order valence-electron chi connectivity index (χ0n) is 13.8. The van der Waals surface area contributed by atoms with Crippen LogP contribution < -0.4 is 20.1 Å². The molecule has 6 heteroatoms. The van der Waals surface area contributed by atoms with E-state index >= 15 is 0 Å². The highest BCUT2D eigenvalue weighted by molar-refractivity contribution is 5.94. The van der Waals surface area contributed by atoms with Crippen molar-refractivity contribution in [3.8, 4) is 11.5 Å². The lowest BCUT2D eigenvalue weighted by atomic mass is 10.2. The number of benzene rings is 2. The maximum atomic E-state index is 13.5. The zero-order valence-corrected chi connectivity index (χ0v) is 13.8. The molecule has 0 radical (unpaired) electrons. The lowest BCUT2D eigenvalue weighted by Crippen LogP contribution is -2.32. The third-order valence-corrected chi connectivity index (χ3v) is 3.51. The first kappa shape index (κ1) is 17.7. The van der Waals surface area contributed by atoms with Gasteiger partial charge in [0.05, 0.1) is 19.8 Å². The predicted molar refractivity (Wildman–Crippen MR) is 90.0 cm³/mol. The minimum absolute atomic E-state index is 0.0481. The van der Waals surface area contributed by atoms with Gasteiger partial charge in [-0.2, -0.15) is 0 Å². The van der Waals surface area contributed by atoms with Gasteiger partial charge < -0.3 is 20.1 Å². The van der Waals surface area contributed by atoms with E-state index in [4.69, 9.17) is 9.47 Å². The van der Waals surface area contributed by atoms with E-state index in [1.54, 1.807) is 26.4 Å². The number of carbonyl (C=O) groups is 1. The number of nitrogens with one attached hydrogen (secondary N) is 2.